The summed E-state index contributed by atoms with van der Waals surface area (Å²) in [6.45, 7) is 1.04. The van der Waals surface area contributed by atoms with Gasteiger partial charge in [0.1, 0.15) is 30.1 Å². The zero-order valence-electron chi connectivity index (χ0n) is 28.5. The third-order valence-electron chi connectivity index (χ3n) is 8.45. The molecule has 282 valence electrons. The molecule has 5 rings (SSSR count). The minimum Gasteiger partial charge on any atom is -0.448 e. The van der Waals surface area contributed by atoms with Crippen LogP contribution in [0.3, 0.4) is 0 Å². The zero-order valence-corrected chi connectivity index (χ0v) is 30.2. The standard InChI is InChI=1S/C36H33F3N5O8PS/c1-23(54-29-18-49-34(50-19-29)5-3-2-4-26-8-6-25(16-41)13-32(26)38)36(20-44-22-42-21-43-44,31-11-9-28(37)14-33(31)39)52-35(45)30-10-7-24(15-40)12-27(30)17-51-53(46,47)48/h2-11,13-14,21-23,27,29,34H,12,17-20H2,1H3,(H2,46,47,48)/b4-2+,5-3+/t23-,27?,29?,34?,36-/m1/s1. The molecule has 1 fully saturated rings. The van der Waals surface area contributed by atoms with Gasteiger partial charge in [-0.05, 0) is 49.8 Å². The first-order chi connectivity index (χ1) is 25.8. The number of hydrogen-bond acceptors (Lipinski definition) is 11. The third-order valence-corrected chi connectivity index (χ3v) is 10.4. The van der Waals surface area contributed by atoms with Crippen LogP contribution in [-0.4, -0.2) is 67.1 Å². The predicted octanol–water partition coefficient (Wildman–Crippen LogP) is 5.64. The largest absolute Gasteiger partial charge is 0.469 e. The monoisotopic (exact) mass is 783 g/mol. The number of nitriles is 2. The van der Waals surface area contributed by atoms with Crippen LogP contribution in [0.2, 0.25) is 0 Å². The summed E-state index contributed by atoms with van der Waals surface area (Å²) in [6, 6.07) is 10.8. The quantitative estimate of drug-likeness (QED) is 0.116. The van der Waals surface area contributed by atoms with Crippen LogP contribution in [-0.2, 0) is 40.2 Å². The first kappa shape index (κ1) is 40.3. The number of allylic oxidation sites excluding steroid dienone is 5. The fourth-order valence-electron chi connectivity index (χ4n) is 5.77. The van der Waals surface area contributed by atoms with Crippen molar-refractivity contribution in [3.63, 3.8) is 0 Å². The second-order valence-electron chi connectivity index (χ2n) is 12.1. The smallest absolute Gasteiger partial charge is 0.448 e. The van der Waals surface area contributed by atoms with E-state index in [9.17, 15) is 33.2 Å². The molecule has 0 bridgehead atoms. The molecule has 2 aromatic carbocycles. The van der Waals surface area contributed by atoms with Gasteiger partial charge in [0.2, 0.25) is 0 Å². The van der Waals surface area contributed by atoms with Crippen LogP contribution in [0.5, 0.6) is 0 Å². The van der Waals surface area contributed by atoms with E-state index in [1.165, 1.54) is 59.5 Å². The number of phosphoric ester groups is 1. The first-order valence-electron chi connectivity index (χ1n) is 16.3. The molecule has 3 aromatic rings. The Bertz CT molecular complexity index is 2090. The summed E-state index contributed by atoms with van der Waals surface area (Å²) in [4.78, 5) is 36.7. The summed E-state index contributed by atoms with van der Waals surface area (Å²) in [5.41, 5.74) is -1.49. The van der Waals surface area contributed by atoms with Crippen molar-refractivity contribution < 1.29 is 51.1 Å². The molecule has 1 unspecified atom stereocenters. The molecule has 13 nitrogen and oxygen atoms in total. The maximum Gasteiger partial charge on any atom is 0.469 e. The molecule has 1 aromatic heterocycles. The molecule has 0 saturated carbocycles. The van der Waals surface area contributed by atoms with Gasteiger partial charge in [0.25, 0.3) is 0 Å². The van der Waals surface area contributed by atoms with Crippen LogP contribution in [0.4, 0.5) is 13.2 Å². The lowest BCUT2D eigenvalue weighted by Gasteiger charge is -2.41. The Morgan fingerprint density at radius 2 is 1.91 bits per heavy atom. The summed E-state index contributed by atoms with van der Waals surface area (Å²) in [5, 5.41) is 21.3. The maximum atomic E-state index is 15.8. The van der Waals surface area contributed by atoms with Gasteiger partial charge in [-0.25, -0.2) is 32.2 Å². The molecule has 18 heteroatoms. The molecule has 1 saturated heterocycles. The Labute approximate surface area is 312 Å². The minimum absolute atomic E-state index is 0.0972. The lowest BCUT2D eigenvalue weighted by molar-refractivity contribution is -0.159. The number of esters is 1. The Morgan fingerprint density at radius 3 is 2.56 bits per heavy atom. The molecular weight excluding hydrogens is 750 g/mol. The predicted molar refractivity (Wildman–Crippen MR) is 188 cm³/mol. The molecular formula is C36H33F3N5O8PS. The van der Waals surface area contributed by atoms with Gasteiger partial charge >= 0.3 is 13.8 Å². The van der Waals surface area contributed by atoms with Crippen molar-refractivity contribution in [1.29, 1.82) is 10.5 Å². The summed E-state index contributed by atoms with van der Waals surface area (Å²) in [7, 11) is -4.97. The van der Waals surface area contributed by atoms with Crippen LogP contribution in [0.1, 0.15) is 30.0 Å². The number of carbonyl (C=O) groups excluding carboxylic acids is 1. The van der Waals surface area contributed by atoms with Gasteiger partial charge in [-0.15, -0.1) is 11.8 Å². The molecule has 2 N–H and O–H groups in total. The zero-order chi connectivity index (χ0) is 38.9. The topological polar surface area (TPSA) is 190 Å². The van der Waals surface area contributed by atoms with E-state index < -0.39 is 60.9 Å². The number of ether oxygens (including phenoxy) is 3. The molecule has 0 amide bonds. The van der Waals surface area contributed by atoms with Crippen LogP contribution in [0.15, 0.2) is 90.6 Å². The lowest BCUT2D eigenvalue weighted by Crippen LogP contribution is -2.47. The lowest BCUT2D eigenvalue weighted by atomic mass is 9.86. The number of thioether (sulfide) groups is 1. The maximum absolute atomic E-state index is 15.8. The number of aromatic nitrogens is 3. The van der Waals surface area contributed by atoms with Gasteiger partial charge < -0.3 is 24.0 Å². The number of benzene rings is 2. The van der Waals surface area contributed by atoms with Crippen molar-refractivity contribution in [2.45, 2.75) is 42.3 Å². The summed E-state index contributed by atoms with van der Waals surface area (Å²) in [6.07, 6.45) is 10.7. The number of carbonyl (C=O) groups is 1. The van der Waals surface area contributed by atoms with E-state index in [1.807, 2.05) is 12.1 Å². The second kappa shape index (κ2) is 18.0. The molecule has 1 aliphatic heterocycles. The van der Waals surface area contributed by atoms with Crippen molar-refractivity contribution in [2.75, 3.05) is 19.8 Å². The molecule has 3 atom stereocenters. The number of phosphoric acid groups is 1. The van der Waals surface area contributed by atoms with E-state index in [-0.39, 0.29) is 59.3 Å². The average Bonchev–Trinajstić information content (AvgIpc) is 3.65. The normalized spacial score (nSPS) is 20.8. The number of nitrogens with zero attached hydrogens (tertiary/aromatic N) is 5. The molecule has 0 radical (unpaired) electrons. The molecule has 54 heavy (non-hydrogen) atoms. The van der Waals surface area contributed by atoms with E-state index in [0.717, 1.165) is 18.2 Å². The van der Waals surface area contributed by atoms with Gasteiger partial charge in [-0.1, -0.05) is 30.4 Å². The van der Waals surface area contributed by atoms with Crippen molar-refractivity contribution in [3.8, 4) is 12.1 Å². The van der Waals surface area contributed by atoms with E-state index >= 15 is 4.39 Å². The van der Waals surface area contributed by atoms with Crippen LogP contribution in [0, 0.1) is 46.0 Å². The highest BCUT2D eigenvalue weighted by Crippen LogP contribution is 2.44. The highest BCUT2D eigenvalue weighted by Gasteiger charge is 2.48. The second-order valence-corrected chi connectivity index (χ2v) is 15.0. The fraction of sp³-hybridized carbons (Fsp3) is 0.306. The summed E-state index contributed by atoms with van der Waals surface area (Å²) >= 11 is 1.24. The Kier molecular flexibility index (Phi) is 13.4. The van der Waals surface area contributed by atoms with Crippen LogP contribution < -0.4 is 0 Å². The van der Waals surface area contributed by atoms with Crippen molar-refractivity contribution in [1.82, 2.24) is 14.8 Å². The SMILES string of the molecule is C[C@@H](SC1COC(/C=C/C=C/c2ccc(C#N)cc2F)OC1)[C@@](Cn1cncn1)(OC(=O)C1=CC=C(C#N)CC1COP(=O)(O)O)c1ccc(F)cc1F. The number of rotatable bonds is 14. The van der Waals surface area contributed by atoms with E-state index in [0.29, 0.717) is 6.07 Å². The van der Waals surface area contributed by atoms with Crippen molar-refractivity contribution >= 4 is 31.6 Å². The van der Waals surface area contributed by atoms with Gasteiger partial charge in [-0.2, -0.15) is 15.6 Å². The van der Waals surface area contributed by atoms with Gasteiger partial charge in [0.05, 0.1) is 49.3 Å². The number of halogens is 3. The fourth-order valence-corrected chi connectivity index (χ4v) is 7.51. The van der Waals surface area contributed by atoms with Crippen molar-refractivity contribution in [2.24, 2.45) is 5.92 Å². The van der Waals surface area contributed by atoms with Crippen molar-refractivity contribution in [3.05, 3.63) is 125 Å². The van der Waals surface area contributed by atoms with E-state index in [1.54, 1.807) is 25.2 Å². The number of hydrogen-bond donors (Lipinski definition) is 2. The summed E-state index contributed by atoms with van der Waals surface area (Å²) in [5.74, 6) is -4.46. The van der Waals surface area contributed by atoms with Crippen LogP contribution >= 0.6 is 19.6 Å². The van der Waals surface area contributed by atoms with Gasteiger partial charge in [0.15, 0.2) is 11.9 Å². The van der Waals surface area contributed by atoms with E-state index in [4.69, 9.17) is 19.5 Å². The van der Waals surface area contributed by atoms with Gasteiger partial charge in [-0.3, -0.25) is 4.52 Å². The highest BCUT2D eigenvalue weighted by molar-refractivity contribution is 8.00. The highest BCUT2D eigenvalue weighted by atomic mass is 32.2. The molecule has 2 aliphatic rings. The summed E-state index contributed by atoms with van der Waals surface area (Å²) < 4.78 is 79.8. The first-order valence-corrected chi connectivity index (χ1v) is 18.7. The molecule has 0 spiro atoms. The Hall–Kier alpha value is -4.84. The molecule has 1 aliphatic carbocycles. The van der Waals surface area contributed by atoms with E-state index in [2.05, 4.69) is 14.6 Å². The Balaban J connectivity index is 1.38. The average molecular weight is 784 g/mol. The van der Waals surface area contributed by atoms with Gasteiger partial charge in [0, 0.05) is 39.5 Å². The minimum atomic E-state index is -4.97. The molecule has 2 heterocycles. The van der Waals surface area contributed by atoms with Crippen LogP contribution in [0.25, 0.3) is 6.08 Å². The Morgan fingerprint density at radius 1 is 1.13 bits per heavy atom. The third kappa shape index (κ3) is 10.4.